The van der Waals surface area contributed by atoms with E-state index in [2.05, 4.69) is 0 Å². The van der Waals surface area contributed by atoms with Gasteiger partial charge in [-0.1, -0.05) is 6.08 Å². The van der Waals surface area contributed by atoms with E-state index in [1.165, 1.54) is 0 Å². The molecule has 0 saturated heterocycles. The fourth-order valence-electron chi connectivity index (χ4n) is 0.586. The topological polar surface area (TPSA) is 26.3 Å². The molecule has 58 valence electrons. The molecule has 0 amide bonds. The Balaban J connectivity index is 3.78. The molecule has 0 aromatic carbocycles. The van der Waals surface area contributed by atoms with E-state index in [1.807, 2.05) is 19.9 Å². The van der Waals surface area contributed by atoms with Crippen molar-refractivity contribution < 1.29 is 9.53 Å². The Bertz CT molecular complexity index is 127. The van der Waals surface area contributed by atoms with Gasteiger partial charge >= 0.3 is 0 Å². The second kappa shape index (κ2) is 5.18. The van der Waals surface area contributed by atoms with Crippen molar-refractivity contribution in [1.82, 2.24) is 0 Å². The minimum Gasteiger partial charge on any atom is -0.377 e. The van der Waals surface area contributed by atoms with Gasteiger partial charge in [-0.3, -0.25) is 0 Å². The molecule has 1 atom stereocenters. The Morgan fingerprint density at radius 1 is 1.70 bits per heavy atom. The van der Waals surface area contributed by atoms with Crippen LogP contribution in [0.5, 0.6) is 0 Å². The number of hydrogen-bond donors (Lipinski definition) is 0. The molecule has 0 aromatic heterocycles. The molecule has 0 fully saturated rings. The number of hydrogen-bond acceptors (Lipinski definition) is 2. The van der Waals surface area contributed by atoms with E-state index in [9.17, 15) is 4.79 Å². The van der Waals surface area contributed by atoms with E-state index in [0.717, 1.165) is 11.9 Å². The van der Waals surface area contributed by atoms with Crippen LogP contribution in [0.4, 0.5) is 0 Å². The van der Waals surface area contributed by atoms with E-state index < -0.39 is 0 Å². The average Bonchev–Trinajstić information content (AvgIpc) is 1.98. The molecule has 0 saturated carbocycles. The van der Waals surface area contributed by atoms with Crippen LogP contribution in [0, 0.1) is 0 Å². The summed E-state index contributed by atoms with van der Waals surface area (Å²) in [7, 11) is 1.66. The first-order valence-electron chi connectivity index (χ1n) is 3.35. The molecule has 0 aliphatic carbocycles. The number of ether oxygens (including phenoxy) is 1. The molecule has 2 heteroatoms. The van der Waals surface area contributed by atoms with Gasteiger partial charge in [0.05, 0.1) is 6.10 Å². The van der Waals surface area contributed by atoms with Crippen molar-refractivity contribution >= 4 is 6.29 Å². The van der Waals surface area contributed by atoms with Crippen LogP contribution >= 0.6 is 0 Å². The number of carbonyl (C=O) groups is 1. The molecule has 0 spiro atoms. The van der Waals surface area contributed by atoms with Crippen LogP contribution in [0.15, 0.2) is 11.6 Å². The molecule has 0 rings (SSSR count). The summed E-state index contributed by atoms with van der Waals surface area (Å²) in [5, 5.41) is 0. The van der Waals surface area contributed by atoms with E-state index >= 15 is 0 Å². The third kappa shape index (κ3) is 3.41. The Kier molecular flexibility index (Phi) is 4.85. The van der Waals surface area contributed by atoms with Crippen molar-refractivity contribution in [1.29, 1.82) is 0 Å². The highest BCUT2D eigenvalue weighted by Gasteiger charge is 1.98. The summed E-state index contributed by atoms with van der Waals surface area (Å²) in [5.74, 6) is 0. The quantitative estimate of drug-likeness (QED) is 0.440. The maximum Gasteiger partial charge on any atom is 0.123 e. The van der Waals surface area contributed by atoms with Crippen molar-refractivity contribution in [2.75, 3.05) is 7.11 Å². The van der Waals surface area contributed by atoms with Crippen LogP contribution in [-0.4, -0.2) is 19.5 Å². The normalized spacial score (nSPS) is 14.9. The predicted octanol–water partition coefficient (Wildman–Crippen LogP) is 1.56. The van der Waals surface area contributed by atoms with Gasteiger partial charge in [-0.2, -0.15) is 0 Å². The first-order valence-corrected chi connectivity index (χ1v) is 3.35. The van der Waals surface area contributed by atoms with Crippen molar-refractivity contribution in [3.05, 3.63) is 11.6 Å². The number of allylic oxidation sites excluding steroid dienone is 1. The zero-order valence-corrected chi connectivity index (χ0v) is 6.76. The van der Waals surface area contributed by atoms with E-state index in [4.69, 9.17) is 4.74 Å². The lowest BCUT2D eigenvalue weighted by Gasteiger charge is -2.08. The highest BCUT2D eigenvalue weighted by atomic mass is 16.5. The minimum absolute atomic E-state index is 0.125. The number of carbonyl (C=O) groups excluding carboxylic acids is 1. The van der Waals surface area contributed by atoms with E-state index in [0.29, 0.717) is 6.42 Å². The van der Waals surface area contributed by atoms with Gasteiger partial charge in [-0.25, -0.2) is 0 Å². The largest absolute Gasteiger partial charge is 0.377 e. The van der Waals surface area contributed by atoms with Crippen LogP contribution in [0.2, 0.25) is 0 Å². The monoisotopic (exact) mass is 142 g/mol. The van der Waals surface area contributed by atoms with Gasteiger partial charge in [-0.05, 0) is 19.4 Å². The molecule has 0 radical (unpaired) electrons. The second-order valence-corrected chi connectivity index (χ2v) is 2.23. The molecule has 0 heterocycles. The average molecular weight is 142 g/mol. The lowest BCUT2D eigenvalue weighted by atomic mass is 10.1. The van der Waals surface area contributed by atoms with E-state index in [1.54, 1.807) is 7.11 Å². The van der Waals surface area contributed by atoms with Gasteiger partial charge in [0.15, 0.2) is 0 Å². The van der Waals surface area contributed by atoms with Crippen LogP contribution in [-0.2, 0) is 9.53 Å². The van der Waals surface area contributed by atoms with Crippen molar-refractivity contribution in [2.45, 2.75) is 26.4 Å². The molecule has 0 aliphatic rings. The summed E-state index contributed by atoms with van der Waals surface area (Å²) in [5.41, 5.74) is 1.11. The highest BCUT2D eigenvalue weighted by molar-refractivity contribution is 5.52. The van der Waals surface area contributed by atoms with Crippen molar-refractivity contribution in [3.63, 3.8) is 0 Å². The van der Waals surface area contributed by atoms with Crippen molar-refractivity contribution in [3.8, 4) is 0 Å². The van der Waals surface area contributed by atoms with E-state index in [-0.39, 0.29) is 6.10 Å². The van der Waals surface area contributed by atoms with Crippen molar-refractivity contribution in [2.24, 2.45) is 0 Å². The predicted molar refractivity (Wildman–Crippen MR) is 40.9 cm³/mol. The first-order chi connectivity index (χ1) is 4.72. The number of aldehydes is 1. The zero-order valence-electron chi connectivity index (χ0n) is 6.76. The fraction of sp³-hybridized carbons (Fsp3) is 0.625. The maximum atomic E-state index is 9.93. The van der Waals surface area contributed by atoms with Gasteiger partial charge in [0.1, 0.15) is 6.29 Å². The standard InChI is InChI=1S/C8H14O2/c1-7(5-4-6-9)8(2)10-3/h5-6,8H,4H2,1-3H3/b7-5+. The number of methoxy groups -OCH3 is 1. The summed E-state index contributed by atoms with van der Waals surface area (Å²) >= 11 is 0. The zero-order chi connectivity index (χ0) is 7.98. The summed E-state index contributed by atoms with van der Waals surface area (Å²) in [6.45, 7) is 3.91. The Hall–Kier alpha value is -0.630. The molecular weight excluding hydrogens is 128 g/mol. The molecule has 1 unspecified atom stereocenters. The van der Waals surface area contributed by atoms with Gasteiger partial charge in [0, 0.05) is 13.5 Å². The lowest BCUT2D eigenvalue weighted by Crippen LogP contribution is -2.05. The molecule has 0 aromatic rings. The van der Waals surface area contributed by atoms with Crippen LogP contribution in [0.25, 0.3) is 0 Å². The fourth-order valence-corrected chi connectivity index (χ4v) is 0.586. The molecular formula is C8H14O2. The Labute approximate surface area is 61.9 Å². The highest BCUT2D eigenvalue weighted by Crippen LogP contribution is 2.03. The summed E-state index contributed by atoms with van der Waals surface area (Å²) < 4.78 is 5.02. The van der Waals surface area contributed by atoms with Crippen LogP contribution < -0.4 is 0 Å². The lowest BCUT2D eigenvalue weighted by molar-refractivity contribution is -0.107. The van der Waals surface area contributed by atoms with Gasteiger partial charge in [0.2, 0.25) is 0 Å². The summed E-state index contributed by atoms with van der Waals surface area (Å²) in [6, 6.07) is 0. The molecule has 2 nitrogen and oxygen atoms in total. The summed E-state index contributed by atoms with van der Waals surface area (Å²) in [6.07, 6.45) is 3.37. The third-order valence-electron chi connectivity index (χ3n) is 1.53. The molecule has 0 aliphatic heterocycles. The minimum atomic E-state index is 0.125. The SMILES string of the molecule is COC(C)/C(C)=C/CC=O. The van der Waals surface area contributed by atoms with Crippen LogP contribution in [0.3, 0.4) is 0 Å². The second-order valence-electron chi connectivity index (χ2n) is 2.23. The maximum absolute atomic E-state index is 9.93. The van der Waals surface area contributed by atoms with Gasteiger partial charge in [-0.15, -0.1) is 0 Å². The summed E-state index contributed by atoms with van der Waals surface area (Å²) in [4.78, 5) is 9.93. The van der Waals surface area contributed by atoms with Gasteiger partial charge in [0.25, 0.3) is 0 Å². The molecule has 10 heavy (non-hydrogen) atoms. The Morgan fingerprint density at radius 2 is 2.30 bits per heavy atom. The number of rotatable bonds is 4. The Morgan fingerprint density at radius 3 is 2.70 bits per heavy atom. The van der Waals surface area contributed by atoms with Crippen LogP contribution in [0.1, 0.15) is 20.3 Å². The first kappa shape index (κ1) is 9.37. The van der Waals surface area contributed by atoms with Gasteiger partial charge < -0.3 is 9.53 Å². The smallest absolute Gasteiger partial charge is 0.123 e. The molecule has 0 bridgehead atoms. The molecule has 0 N–H and O–H groups in total. The third-order valence-corrected chi connectivity index (χ3v) is 1.53.